The van der Waals surface area contributed by atoms with Crippen molar-refractivity contribution in [3.63, 3.8) is 0 Å². The van der Waals surface area contributed by atoms with Gasteiger partial charge in [-0.3, -0.25) is 0 Å². The number of ether oxygens (including phenoxy) is 1. The van der Waals surface area contributed by atoms with Gasteiger partial charge in [0.2, 0.25) is 0 Å². The van der Waals surface area contributed by atoms with E-state index >= 15 is 0 Å². The minimum absolute atomic E-state index is 0.0313. The van der Waals surface area contributed by atoms with E-state index in [0.29, 0.717) is 12.2 Å². The maximum atomic E-state index is 13.3. The van der Waals surface area contributed by atoms with Crippen molar-refractivity contribution in [3.8, 4) is 6.07 Å². The summed E-state index contributed by atoms with van der Waals surface area (Å²) in [5.74, 6) is -0.610. The molecule has 0 spiro atoms. The molecule has 1 rings (SSSR count). The fourth-order valence-corrected chi connectivity index (χ4v) is 1.78. The Kier molecular flexibility index (Phi) is 5.73. The predicted molar refractivity (Wildman–Crippen MR) is 70.1 cm³/mol. The second kappa shape index (κ2) is 7.07. The fourth-order valence-electron chi connectivity index (χ4n) is 1.36. The Morgan fingerprint density at radius 3 is 2.79 bits per heavy atom. The van der Waals surface area contributed by atoms with Gasteiger partial charge in [0.25, 0.3) is 0 Å². The first-order valence-electron chi connectivity index (χ1n) is 5.62. The lowest BCUT2D eigenvalue weighted by atomic mass is 10.2. The summed E-state index contributed by atoms with van der Waals surface area (Å²) in [4.78, 5) is 0. The van der Waals surface area contributed by atoms with Crippen molar-refractivity contribution in [2.75, 3.05) is 37.1 Å². The summed E-state index contributed by atoms with van der Waals surface area (Å²) in [6.07, 6.45) is 1.14. The molecule has 1 N–H and O–H groups in total. The van der Waals surface area contributed by atoms with Crippen LogP contribution < -0.4 is 5.32 Å². The van der Waals surface area contributed by atoms with Crippen molar-refractivity contribution in [3.05, 3.63) is 29.6 Å². The largest absolute Gasteiger partial charge is 0.382 e. The van der Waals surface area contributed by atoms with Gasteiger partial charge in [0.15, 0.2) is 0 Å². The summed E-state index contributed by atoms with van der Waals surface area (Å²) < 4.78 is 40.0. The molecule has 0 atom stereocenters. The van der Waals surface area contributed by atoms with Gasteiger partial charge < -0.3 is 10.1 Å². The van der Waals surface area contributed by atoms with Crippen molar-refractivity contribution in [1.29, 1.82) is 5.26 Å². The lowest BCUT2D eigenvalue weighted by Crippen LogP contribution is -2.15. The molecule has 0 amide bonds. The first-order valence-corrected chi connectivity index (χ1v) is 7.68. The number of nitrogens with zero attached hydrogens (tertiary/aromatic N) is 1. The van der Waals surface area contributed by atoms with E-state index in [2.05, 4.69) is 5.32 Å². The molecule has 19 heavy (non-hydrogen) atoms. The standard InChI is InChI=1S/C12H15FN2O3S/c1-19(16,17)8-7-18-6-5-15-12-4-2-3-11(13)10(12)9-14/h2-4,15H,5-8H2,1H3. The summed E-state index contributed by atoms with van der Waals surface area (Å²) in [5.41, 5.74) is 0.354. The average molecular weight is 286 g/mol. The Hall–Kier alpha value is -1.65. The molecule has 1 aromatic rings. The van der Waals surface area contributed by atoms with Crippen LogP contribution in [-0.4, -0.2) is 40.2 Å². The third-order valence-corrected chi connectivity index (χ3v) is 3.19. The quantitative estimate of drug-likeness (QED) is 0.761. The highest BCUT2D eigenvalue weighted by Gasteiger charge is 2.06. The van der Waals surface area contributed by atoms with Crippen LogP contribution >= 0.6 is 0 Å². The normalized spacial score (nSPS) is 11.0. The molecule has 0 fully saturated rings. The molecule has 104 valence electrons. The topological polar surface area (TPSA) is 79.2 Å². The Balaban J connectivity index is 2.35. The van der Waals surface area contributed by atoms with Crippen LogP contribution in [0.2, 0.25) is 0 Å². The first kappa shape index (κ1) is 15.4. The molecule has 7 heteroatoms. The zero-order valence-electron chi connectivity index (χ0n) is 10.5. The molecule has 5 nitrogen and oxygen atoms in total. The van der Waals surface area contributed by atoms with Crippen LogP contribution in [0.5, 0.6) is 0 Å². The van der Waals surface area contributed by atoms with E-state index in [0.717, 1.165) is 6.26 Å². The second-order valence-electron chi connectivity index (χ2n) is 3.94. The number of hydrogen-bond donors (Lipinski definition) is 1. The van der Waals surface area contributed by atoms with Crippen LogP contribution in [0.15, 0.2) is 18.2 Å². The zero-order valence-corrected chi connectivity index (χ0v) is 11.3. The highest BCUT2D eigenvalue weighted by Crippen LogP contribution is 2.17. The van der Waals surface area contributed by atoms with Crippen LogP contribution in [0, 0.1) is 17.1 Å². The van der Waals surface area contributed by atoms with Crippen LogP contribution in [0.1, 0.15) is 5.56 Å². The Morgan fingerprint density at radius 1 is 1.42 bits per heavy atom. The van der Waals surface area contributed by atoms with Gasteiger partial charge in [-0.15, -0.1) is 0 Å². The van der Waals surface area contributed by atoms with Gasteiger partial charge in [-0.2, -0.15) is 5.26 Å². The van der Waals surface area contributed by atoms with Crippen LogP contribution in [0.4, 0.5) is 10.1 Å². The average Bonchev–Trinajstić information content (AvgIpc) is 2.32. The summed E-state index contributed by atoms with van der Waals surface area (Å²) >= 11 is 0. The zero-order chi connectivity index (χ0) is 14.3. The maximum Gasteiger partial charge on any atom is 0.149 e. The lowest BCUT2D eigenvalue weighted by Gasteiger charge is -2.08. The first-order chi connectivity index (χ1) is 8.94. The van der Waals surface area contributed by atoms with E-state index in [1.807, 2.05) is 0 Å². The molecular formula is C12H15FN2O3S. The van der Waals surface area contributed by atoms with Gasteiger partial charge in [-0.1, -0.05) is 6.07 Å². The minimum Gasteiger partial charge on any atom is -0.382 e. The number of halogens is 1. The third-order valence-electron chi connectivity index (χ3n) is 2.29. The smallest absolute Gasteiger partial charge is 0.149 e. The summed E-state index contributed by atoms with van der Waals surface area (Å²) in [7, 11) is -3.02. The van der Waals surface area contributed by atoms with Crippen molar-refractivity contribution >= 4 is 15.5 Å². The summed E-state index contributed by atoms with van der Waals surface area (Å²) in [6.45, 7) is 0.758. The Labute approximate surface area is 111 Å². The molecule has 0 heterocycles. The van der Waals surface area contributed by atoms with E-state index in [-0.39, 0.29) is 24.5 Å². The fraction of sp³-hybridized carbons (Fsp3) is 0.417. The monoisotopic (exact) mass is 286 g/mol. The van der Waals surface area contributed by atoms with E-state index < -0.39 is 15.7 Å². The summed E-state index contributed by atoms with van der Waals surface area (Å²) in [6, 6.07) is 6.09. The van der Waals surface area contributed by atoms with Gasteiger partial charge in [-0.25, -0.2) is 12.8 Å². The highest BCUT2D eigenvalue weighted by molar-refractivity contribution is 7.90. The van der Waals surface area contributed by atoms with Crippen LogP contribution in [-0.2, 0) is 14.6 Å². The SMILES string of the molecule is CS(=O)(=O)CCOCCNc1cccc(F)c1C#N. The van der Waals surface area contributed by atoms with Crippen LogP contribution in [0.25, 0.3) is 0 Å². The number of sulfone groups is 1. The maximum absolute atomic E-state index is 13.3. The van der Waals surface area contributed by atoms with Gasteiger partial charge in [0.1, 0.15) is 27.3 Å². The van der Waals surface area contributed by atoms with Crippen molar-refractivity contribution in [1.82, 2.24) is 0 Å². The molecular weight excluding hydrogens is 271 g/mol. The molecule has 0 unspecified atom stereocenters. The van der Waals surface area contributed by atoms with Gasteiger partial charge in [0, 0.05) is 12.8 Å². The van der Waals surface area contributed by atoms with Crippen molar-refractivity contribution in [2.45, 2.75) is 0 Å². The molecule has 0 bridgehead atoms. The molecule has 0 saturated carbocycles. The molecule has 0 aliphatic carbocycles. The molecule has 0 aliphatic heterocycles. The van der Waals surface area contributed by atoms with E-state index in [1.54, 1.807) is 12.1 Å². The van der Waals surface area contributed by atoms with Crippen molar-refractivity contribution < 1.29 is 17.5 Å². The third kappa shape index (κ3) is 5.68. The molecule has 1 aromatic carbocycles. The Morgan fingerprint density at radius 2 is 2.16 bits per heavy atom. The van der Waals surface area contributed by atoms with Crippen LogP contribution in [0.3, 0.4) is 0 Å². The van der Waals surface area contributed by atoms with Gasteiger partial charge in [0.05, 0.1) is 24.7 Å². The molecule has 0 radical (unpaired) electrons. The number of hydrogen-bond acceptors (Lipinski definition) is 5. The lowest BCUT2D eigenvalue weighted by molar-refractivity contribution is 0.159. The number of anilines is 1. The predicted octanol–water partition coefficient (Wildman–Crippen LogP) is 1.17. The molecule has 0 saturated heterocycles. The van der Waals surface area contributed by atoms with E-state index in [9.17, 15) is 12.8 Å². The second-order valence-corrected chi connectivity index (χ2v) is 6.20. The number of nitrogens with one attached hydrogen (secondary N) is 1. The number of rotatable bonds is 7. The summed E-state index contributed by atoms with van der Waals surface area (Å²) in [5, 5.41) is 11.7. The number of benzene rings is 1. The minimum atomic E-state index is -3.02. The number of nitriles is 1. The molecule has 0 aromatic heterocycles. The van der Waals surface area contributed by atoms with E-state index in [4.69, 9.17) is 10.00 Å². The van der Waals surface area contributed by atoms with Gasteiger partial charge in [-0.05, 0) is 12.1 Å². The van der Waals surface area contributed by atoms with Gasteiger partial charge >= 0.3 is 0 Å². The highest BCUT2D eigenvalue weighted by atomic mass is 32.2. The molecule has 0 aliphatic rings. The van der Waals surface area contributed by atoms with Crippen molar-refractivity contribution in [2.24, 2.45) is 0 Å². The Bertz CT molecular complexity index is 567. The van der Waals surface area contributed by atoms with E-state index in [1.165, 1.54) is 12.1 Å².